The lowest BCUT2D eigenvalue weighted by atomic mass is 10.1. The molecule has 5 nitrogen and oxygen atoms in total. The fourth-order valence-corrected chi connectivity index (χ4v) is 3.37. The van der Waals surface area contributed by atoms with E-state index in [9.17, 15) is 22.8 Å². The van der Waals surface area contributed by atoms with Crippen LogP contribution in [0.4, 0.5) is 13.2 Å². The largest absolute Gasteiger partial charge is 0.416 e. The summed E-state index contributed by atoms with van der Waals surface area (Å²) in [6.45, 7) is 0.192. The van der Waals surface area contributed by atoms with E-state index in [0.29, 0.717) is 11.3 Å². The van der Waals surface area contributed by atoms with Crippen LogP contribution in [-0.4, -0.2) is 22.4 Å². The fourth-order valence-electron chi connectivity index (χ4n) is 3.37. The number of amides is 2. The van der Waals surface area contributed by atoms with Crippen LogP contribution in [-0.2, 0) is 24.1 Å². The fraction of sp³-hybridized carbons (Fsp3) is 0.200. The maximum atomic E-state index is 12.8. The van der Waals surface area contributed by atoms with Crippen LogP contribution in [0.3, 0.4) is 0 Å². The highest BCUT2D eigenvalue weighted by atomic mass is 19.4. The predicted octanol–water partition coefficient (Wildman–Crippen LogP) is 3.09. The summed E-state index contributed by atoms with van der Waals surface area (Å²) in [6.07, 6.45) is -4.44. The van der Waals surface area contributed by atoms with Crippen molar-refractivity contribution < 1.29 is 22.8 Å². The topological polar surface area (TPSA) is 63.1 Å². The van der Waals surface area contributed by atoms with Crippen LogP contribution in [0, 0.1) is 0 Å². The molecule has 0 aliphatic carbocycles. The monoisotopic (exact) mass is 387 g/mol. The minimum atomic E-state index is -4.44. The number of rotatable bonds is 3. The third kappa shape index (κ3) is 3.33. The molecule has 0 fully saturated rings. The smallest absolute Gasteiger partial charge is 0.350 e. The van der Waals surface area contributed by atoms with Gasteiger partial charge in [0.15, 0.2) is 0 Å². The Morgan fingerprint density at radius 1 is 1.14 bits per heavy atom. The minimum Gasteiger partial charge on any atom is -0.350 e. The molecule has 1 aliphatic rings. The van der Waals surface area contributed by atoms with Crippen LogP contribution >= 0.6 is 0 Å². The average Bonchev–Trinajstić information content (AvgIpc) is 3.05. The van der Waals surface area contributed by atoms with Crippen molar-refractivity contribution in [3.8, 4) is 0 Å². The first-order chi connectivity index (χ1) is 13.3. The first-order valence-electron chi connectivity index (χ1n) is 8.66. The van der Waals surface area contributed by atoms with E-state index >= 15 is 0 Å². The molecule has 0 radical (unpaired) electrons. The van der Waals surface area contributed by atoms with Gasteiger partial charge in [0.25, 0.3) is 5.91 Å². The molecule has 28 heavy (non-hydrogen) atoms. The number of nitrogens with zero attached hydrogens (tertiary/aromatic N) is 1. The lowest BCUT2D eigenvalue weighted by molar-refractivity contribution is -0.137. The molecule has 2 N–H and O–H groups in total. The van der Waals surface area contributed by atoms with Crippen LogP contribution in [0.25, 0.3) is 10.9 Å². The van der Waals surface area contributed by atoms with Crippen molar-refractivity contribution in [3.05, 3.63) is 71.4 Å². The van der Waals surface area contributed by atoms with Gasteiger partial charge in [-0.15, -0.1) is 0 Å². The number of benzene rings is 2. The Hall–Kier alpha value is -3.29. The average molecular weight is 387 g/mol. The van der Waals surface area contributed by atoms with Gasteiger partial charge in [-0.3, -0.25) is 9.59 Å². The van der Waals surface area contributed by atoms with E-state index in [1.165, 1.54) is 12.1 Å². The van der Waals surface area contributed by atoms with Gasteiger partial charge in [-0.25, -0.2) is 0 Å². The molecule has 0 unspecified atom stereocenters. The Morgan fingerprint density at radius 3 is 2.71 bits per heavy atom. The predicted molar refractivity (Wildman–Crippen MR) is 96.5 cm³/mol. The van der Waals surface area contributed by atoms with Gasteiger partial charge < -0.3 is 15.2 Å². The number of carbonyl (C=O) groups is 2. The van der Waals surface area contributed by atoms with Crippen LogP contribution in [0.1, 0.15) is 21.6 Å². The highest BCUT2D eigenvalue weighted by molar-refractivity contribution is 6.02. The molecule has 2 amide bonds. The van der Waals surface area contributed by atoms with Crippen molar-refractivity contribution in [1.82, 2.24) is 15.2 Å². The molecule has 144 valence electrons. The molecule has 1 aliphatic heterocycles. The third-order valence-electron chi connectivity index (χ3n) is 4.75. The number of halogens is 3. The Morgan fingerprint density at radius 2 is 1.93 bits per heavy atom. The molecular formula is C20H16F3N3O2. The normalized spacial score (nSPS) is 16.5. The maximum absolute atomic E-state index is 12.8. The summed E-state index contributed by atoms with van der Waals surface area (Å²) in [6, 6.07) is 13.2. The number of alkyl halides is 3. The minimum absolute atomic E-state index is 0.0611. The van der Waals surface area contributed by atoms with E-state index in [0.717, 1.165) is 23.0 Å². The van der Waals surface area contributed by atoms with Crippen molar-refractivity contribution >= 4 is 22.7 Å². The molecule has 8 heteroatoms. The molecule has 0 saturated carbocycles. The SMILES string of the molecule is O=C1N[C@H](C(=O)NCc2cccc(C(F)(F)F)c2)Cn2c1cc1ccccc12. The molecular weight excluding hydrogens is 371 g/mol. The van der Waals surface area contributed by atoms with Crippen molar-refractivity contribution in [2.75, 3.05) is 0 Å². The zero-order valence-electron chi connectivity index (χ0n) is 14.6. The van der Waals surface area contributed by atoms with Gasteiger partial charge in [0.1, 0.15) is 11.7 Å². The molecule has 0 bridgehead atoms. The summed E-state index contributed by atoms with van der Waals surface area (Å²) in [5.41, 5.74) is 0.886. The van der Waals surface area contributed by atoms with Crippen molar-refractivity contribution in [2.45, 2.75) is 25.3 Å². The molecule has 1 aromatic heterocycles. The first kappa shape index (κ1) is 18.1. The highest BCUT2D eigenvalue weighted by Gasteiger charge is 2.31. The zero-order chi connectivity index (χ0) is 19.9. The van der Waals surface area contributed by atoms with Crippen molar-refractivity contribution in [1.29, 1.82) is 0 Å². The number of aromatic nitrogens is 1. The van der Waals surface area contributed by atoms with Crippen LogP contribution in [0.15, 0.2) is 54.6 Å². The second-order valence-corrected chi connectivity index (χ2v) is 6.64. The van der Waals surface area contributed by atoms with E-state index in [-0.39, 0.29) is 19.0 Å². The van der Waals surface area contributed by atoms with Crippen molar-refractivity contribution in [2.24, 2.45) is 0 Å². The maximum Gasteiger partial charge on any atom is 0.416 e. The van der Waals surface area contributed by atoms with Gasteiger partial charge in [-0.1, -0.05) is 30.3 Å². The standard InChI is InChI=1S/C20H16F3N3O2/c21-20(22,23)14-6-3-4-12(8-14)10-24-18(27)15-11-26-16-7-2-1-5-13(16)9-17(26)19(28)25-15/h1-9,15H,10-11H2,(H,24,27)(H,25,28)/t15-/m0/s1. The van der Waals surface area contributed by atoms with Gasteiger partial charge in [0, 0.05) is 17.4 Å². The lowest BCUT2D eigenvalue weighted by Crippen LogP contribution is -2.52. The number of hydrogen-bond donors (Lipinski definition) is 2. The third-order valence-corrected chi connectivity index (χ3v) is 4.75. The van der Waals surface area contributed by atoms with Gasteiger partial charge >= 0.3 is 6.18 Å². The Balaban J connectivity index is 1.48. The van der Waals surface area contributed by atoms with Crippen LogP contribution in [0.5, 0.6) is 0 Å². The van der Waals surface area contributed by atoms with Crippen molar-refractivity contribution in [3.63, 3.8) is 0 Å². The second-order valence-electron chi connectivity index (χ2n) is 6.64. The summed E-state index contributed by atoms with van der Waals surface area (Å²) in [5, 5.41) is 6.16. The molecule has 3 aromatic rings. The van der Waals surface area contributed by atoms with E-state index in [4.69, 9.17) is 0 Å². The Kier molecular flexibility index (Phi) is 4.33. The molecule has 2 heterocycles. The highest BCUT2D eigenvalue weighted by Crippen LogP contribution is 2.29. The van der Waals surface area contributed by atoms with Gasteiger partial charge in [0.2, 0.25) is 5.91 Å². The van der Waals surface area contributed by atoms with E-state index in [1.54, 1.807) is 10.6 Å². The van der Waals surface area contributed by atoms with Gasteiger partial charge in [-0.2, -0.15) is 13.2 Å². The summed E-state index contributed by atoms with van der Waals surface area (Å²) in [4.78, 5) is 24.9. The lowest BCUT2D eigenvalue weighted by Gasteiger charge is -2.25. The molecule has 4 rings (SSSR count). The van der Waals surface area contributed by atoms with E-state index in [1.807, 2.05) is 24.3 Å². The molecule has 2 aromatic carbocycles. The van der Waals surface area contributed by atoms with E-state index < -0.39 is 23.7 Å². The number of para-hydroxylation sites is 1. The number of carbonyl (C=O) groups excluding carboxylic acids is 2. The summed E-state index contributed by atoms with van der Waals surface area (Å²) in [5.74, 6) is -0.809. The number of hydrogen-bond acceptors (Lipinski definition) is 2. The summed E-state index contributed by atoms with van der Waals surface area (Å²) < 4.78 is 40.2. The molecule has 1 atom stereocenters. The van der Waals surface area contributed by atoms with E-state index in [2.05, 4.69) is 10.6 Å². The zero-order valence-corrected chi connectivity index (χ0v) is 14.6. The summed E-state index contributed by atoms with van der Waals surface area (Å²) in [7, 11) is 0. The second kappa shape index (κ2) is 6.70. The number of nitrogens with one attached hydrogen (secondary N) is 2. The van der Waals surface area contributed by atoms with Crippen LogP contribution in [0.2, 0.25) is 0 Å². The van der Waals surface area contributed by atoms with Gasteiger partial charge in [-0.05, 0) is 29.8 Å². The van der Waals surface area contributed by atoms with Crippen LogP contribution < -0.4 is 10.6 Å². The molecule has 0 saturated heterocycles. The summed E-state index contributed by atoms with van der Waals surface area (Å²) >= 11 is 0. The quantitative estimate of drug-likeness (QED) is 0.726. The number of fused-ring (bicyclic) bond motifs is 3. The molecule has 0 spiro atoms. The first-order valence-corrected chi connectivity index (χ1v) is 8.66. The van der Waals surface area contributed by atoms with Gasteiger partial charge in [0.05, 0.1) is 12.1 Å². The Bertz CT molecular complexity index is 1070. The Labute approximate surface area is 158 Å².